The quantitative estimate of drug-likeness (QED) is 0.549. The summed E-state index contributed by atoms with van der Waals surface area (Å²) in [5.41, 5.74) is 3.62. The van der Waals surface area contributed by atoms with E-state index in [-0.39, 0.29) is 16.0 Å². The number of rotatable bonds is 2. The number of aryl methyl sites for hydroxylation is 2. The zero-order valence-electron chi connectivity index (χ0n) is 9.33. The fraction of sp³-hybridized carbons (Fsp3) is 0.500. The van der Waals surface area contributed by atoms with Crippen molar-refractivity contribution in [3.05, 3.63) is 38.9 Å². The minimum absolute atomic E-state index is 0.237. The molecule has 0 heterocycles. The minimum atomic E-state index is -0.304. The van der Waals surface area contributed by atoms with E-state index in [9.17, 15) is 10.1 Å². The standard InChI is InChI=1S/C12H15NO2/c1-8-7-11(13(14)15)9(2)6-10(8)12(3)4-5-12/h6-7H,4-5H2,1-3H3. The average molecular weight is 205 g/mol. The first kappa shape index (κ1) is 10.1. The molecule has 1 aromatic rings. The van der Waals surface area contributed by atoms with Gasteiger partial charge in [-0.15, -0.1) is 0 Å². The van der Waals surface area contributed by atoms with Crippen LogP contribution in [0.4, 0.5) is 5.69 Å². The van der Waals surface area contributed by atoms with Gasteiger partial charge in [-0.1, -0.05) is 6.92 Å². The van der Waals surface area contributed by atoms with Crippen LogP contribution in [-0.4, -0.2) is 4.92 Å². The van der Waals surface area contributed by atoms with E-state index in [0.29, 0.717) is 0 Å². The van der Waals surface area contributed by atoms with Crippen LogP contribution in [0.1, 0.15) is 36.5 Å². The molecule has 1 aliphatic carbocycles. The van der Waals surface area contributed by atoms with Crippen molar-refractivity contribution < 1.29 is 4.92 Å². The highest BCUT2D eigenvalue weighted by Gasteiger charge is 2.40. The maximum atomic E-state index is 10.8. The molecule has 0 N–H and O–H groups in total. The van der Waals surface area contributed by atoms with Crippen molar-refractivity contribution >= 4 is 5.69 Å². The second-order valence-electron chi connectivity index (χ2n) is 4.77. The van der Waals surface area contributed by atoms with Crippen LogP contribution in [0.3, 0.4) is 0 Å². The Morgan fingerprint density at radius 3 is 2.33 bits per heavy atom. The van der Waals surface area contributed by atoms with Crippen molar-refractivity contribution in [2.24, 2.45) is 0 Å². The van der Waals surface area contributed by atoms with Crippen molar-refractivity contribution in [3.63, 3.8) is 0 Å². The number of nitro benzene ring substituents is 1. The first-order valence-electron chi connectivity index (χ1n) is 5.20. The lowest BCUT2D eigenvalue weighted by Gasteiger charge is -2.13. The minimum Gasteiger partial charge on any atom is -0.258 e. The topological polar surface area (TPSA) is 43.1 Å². The molecule has 80 valence electrons. The largest absolute Gasteiger partial charge is 0.272 e. The molecule has 1 aliphatic rings. The molecule has 0 unspecified atom stereocenters. The Balaban J connectivity index is 2.53. The van der Waals surface area contributed by atoms with E-state index < -0.39 is 0 Å². The van der Waals surface area contributed by atoms with Gasteiger partial charge in [0, 0.05) is 11.6 Å². The highest BCUT2D eigenvalue weighted by Crippen LogP contribution is 2.49. The average Bonchev–Trinajstić information content (AvgIpc) is 2.88. The van der Waals surface area contributed by atoms with Gasteiger partial charge in [0.15, 0.2) is 0 Å². The van der Waals surface area contributed by atoms with Crippen LogP contribution in [0.5, 0.6) is 0 Å². The summed E-state index contributed by atoms with van der Waals surface area (Å²) in [7, 11) is 0. The summed E-state index contributed by atoms with van der Waals surface area (Å²) in [4.78, 5) is 10.5. The van der Waals surface area contributed by atoms with E-state index in [2.05, 4.69) is 6.92 Å². The molecule has 3 heteroatoms. The van der Waals surface area contributed by atoms with Gasteiger partial charge in [-0.05, 0) is 49.3 Å². The molecule has 1 aromatic carbocycles. The first-order chi connectivity index (χ1) is 6.94. The third-order valence-corrected chi connectivity index (χ3v) is 3.39. The van der Waals surface area contributed by atoms with E-state index in [4.69, 9.17) is 0 Å². The Bertz CT molecular complexity index is 433. The number of benzene rings is 1. The molecular weight excluding hydrogens is 190 g/mol. The molecule has 2 rings (SSSR count). The highest BCUT2D eigenvalue weighted by molar-refractivity contribution is 5.50. The van der Waals surface area contributed by atoms with Crippen molar-refractivity contribution in [2.45, 2.75) is 39.0 Å². The lowest BCUT2D eigenvalue weighted by atomic mass is 9.91. The van der Waals surface area contributed by atoms with Gasteiger partial charge in [-0.3, -0.25) is 10.1 Å². The molecular formula is C12H15NO2. The van der Waals surface area contributed by atoms with Crippen LogP contribution in [0.25, 0.3) is 0 Å². The Hall–Kier alpha value is -1.38. The molecule has 0 amide bonds. The molecule has 0 saturated heterocycles. The zero-order chi connectivity index (χ0) is 11.2. The monoisotopic (exact) mass is 205 g/mol. The number of hydrogen-bond donors (Lipinski definition) is 0. The summed E-state index contributed by atoms with van der Waals surface area (Å²) in [6, 6.07) is 3.69. The van der Waals surface area contributed by atoms with Crippen LogP contribution in [0.15, 0.2) is 12.1 Å². The Labute approximate surface area is 89.3 Å². The van der Waals surface area contributed by atoms with Crippen molar-refractivity contribution in [3.8, 4) is 0 Å². The molecule has 0 spiro atoms. The third-order valence-electron chi connectivity index (χ3n) is 3.39. The van der Waals surface area contributed by atoms with Gasteiger partial charge >= 0.3 is 0 Å². The molecule has 1 fully saturated rings. The normalized spacial score (nSPS) is 17.5. The Kier molecular flexibility index (Phi) is 2.07. The predicted molar refractivity (Wildman–Crippen MR) is 59.2 cm³/mol. The summed E-state index contributed by atoms with van der Waals surface area (Å²) in [6.45, 7) is 6.00. The van der Waals surface area contributed by atoms with Crippen molar-refractivity contribution in [1.82, 2.24) is 0 Å². The van der Waals surface area contributed by atoms with Crippen LogP contribution in [-0.2, 0) is 5.41 Å². The molecule has 1 saturated carbocycles. The zero-order valence-corrected chi connectivity index (χ0v) is 9.33. The van der Waals surface area contributed by atoms with Crippen LogP contribution >= 0.6 is 0 Å². The number of hydrogen-bond acceptors (Lipinski definition) is 2. The van der Waals surface area contributed by atoms with Gasteiger partial charge in [0.2, 0.25) is 0 Å². The van der Waals surface area contributed by atoms with Gasteiger partial charge < -0.3 is 0 Å². The highest BCUT2D eigenvalue weighted by atomic mass is 16.6. The SMILES string of the molecule is Cc1cc(C2(C)CC2)c(C)cc1[N+](=O)[O-]. The lowest BCUT2D eigenvalue weighted by Crippen LogP contribution is -2.04. The third kappa shape index (κ3) is 1.62. The van der Waals surface area contributed by atoms with E-state index in [1.54, 1.807) is 6.07 Å². The van der Waals surface area contributed by atoms with E-state index >= 15 is 0 Å². The molecule has 15 heavy (non-hydrogen) atoms. The first-order valence-corrected chi connectivity index (χ1v) is 5.20. The molecule has 0 bridgehead atoms. The second-order valence-corrected chi connectivity index (χ2v) is 4.77. The number of nitrogens with zero attached hydrogens (tertiary/aromatic N) is 1. The maximum absolute atomic E-state index is 10.8. The summed E-state index contributed by atoms with van der Waals surface area (Å²) < 4.78 is 0. The summed E-state index contributed by atoms with van der Waals surface area (Å²) in [6.07, 6.45) is 2.40. The molecule has 3 nitrogen and oxygen atoms in total. The fourth-order valence-corrected chi connectivity index (χ4v) is 2.10. The fourth-order valence-electron chi connectivity index (χ4n) is 2.10. The summed E-state index contributed by atoms with van der Waals surface area (Å²) in [5, 5.41) is 10.8. The number of nitro groups is 1. The Morgan fingerprint density at radius 1 is 1.27 bits per heavy atom. The van der Waals surface area contributed by atoms with Crippen LogP contribution in [0.2, 0.25) is 0 Å². The molecule has 0 radical (unpaired) electrons. The van der Waals surface area contributed by atoms with E-state index in [1.807, 2.05) is 19.9 Å². The molecule has 0 aliphatic heterocycles. The van der Waals surface area contributed by atoms with Gasteiger partial charge in [0.1, 0.15) is 0 Å². The smallest absolute Gasteiger partial charge is 0.258 e. The van der Waals surface area contributed by atoms with Crippen molar-refractivity contribution in [1.29, 1.82) is 0 Å². The van der Waals surface area contributed by atoms with Crippen LogP contribution in [0, 0.1) is 24.0 Å². The molecule has 0 atom stereocenters. The van der Waals surface area contributed by atoms with Crippen molar-refractivity contribution in [2.75, 3.05) is 0 Å². The molecule has 0 aromatic heterocycles. The second kappa shape index (κ2) is 3.05. The van der Waals surface area contributed by atoms with Crippen LogP contribution < -0.4 is 0 Å². The lowest BCUT2D eigenvalue weighted by molar-refractivity contribution is -0.385. The maximum Gasteiger partial charge on any atom is 0.272 e. The predicted octanol–water partition coefficient (Wildman–Crippen LogP) is 3.26. The van der Waals surface area contributed by atoms with E-state index in [1.165, 1.54) is 18.4 Å². The van der Waals surface area contributed by atoms with Gasteiger partial charge in [0.05, 0.1) is 4.92 Å². The Morgan fingerprint density at radius 2 is 1.87 bits per heavy atom. The van der Waals surface area contributed by atoms with Gasteiger partial charge in [-0.2, -0.15) is 0 Å². The van der Waals surface area contributed by atoms with Gasteiger partial charge in [0.25, 0.3) is 5.69 Å². The van der Waals surface area contributed by atoms with Gasteiger partial charge in [-0.25, -0.2) is 0 Å². The summed E-state index contributed by atoms with van der Waals surface area (Å²) >= 11 is 0. The van der Waals surface area contributed by atoms with E-state index in [0.717, 1.165) is 11.1 Å². The summed E-state index contributed by atoms with van der Waals surface area (Å²) in [5.74, 6) is 0.